The molecule has 1 aliphatic carbocycles. The summed E-state index contributed by atoms with van der Waals surface area (Å²) in [6.07, 6.45) is -11.6. The lowest BCUT2D eigenvalue weighted by Crippen LogP contribution is -2.71. The third-order valence-corrected chi connectivity index (χ3v) is 8.94. The number of amides is 1. The average molecular weight is 608 g/mol. The average Bonchev–Trinajstić information content (AvgIpc) is 2.93. The number of aliphatic hydroxyl groups is 6. The molecule has 0 spiro atoms. The van der Waals surface area contributed by atoms with E-state index in [1.54, 1.807) is 0 Å². The smallest absolute Gasteiger partial charge is 0.249 e. The number of nitrogens with one attached hydrogen (secondary N) is 3. The van der Waals surface area contributed by atoms with Gasteiger partial charge < -0.3 is 83.7 Å². The molecular formula is C25H49N7O10. The normalized spacial score (nSPS) is 45.7. The molecule has 17 nitrogen and oxygen atoms in total. The second-order valence-corrected chi connectivity index (χ2v) is 11.9. The van der Waals surface area contributed by atoms with Gasteiger partial charge in [0.2, 0.25) is 5.91 Å². The fourth-order valence-electron chi connectivity index (χ4n) is 6.38. The van der Waals surface area contributed by atoms with Crippen LogP contribution < -0.4 is 38.9 Å². The van der Waals surface area contributed by atoms with Crippen molar-refractivity contribution in [2.75, 3.05) is 32.8 Å². The molecule has 4 rings (SSSR count). The van der Waals surface area contributed by atoms with Crippen molar-refractivity contribution < 1.29 is 49.6 Å². The van der Waals surface area contributed by atoms with Crippen LogP contribution in [0.1, 0.15) is 19.3 Å². The molecule has 0 radical (unpaired) electrons. The number of hydrogen-bond acceptors (Lipinski definition) is 16. The van der Waals surface area contributed by atoms with Crippen molar-refractivity contribution in [1.82, 2.24) is 16.0 Å². The molecule has 0 bridgehead atoms. The first-order valence-electron chi connectivity index (χ1n) is 14.7. The zero-order valence-electron chi connectivity index (χ0n) is 23.5. The van der Waals surface area contributed by atoms with E-state index in [0.717, 1.165) is 13.1 Å². The van der Waals surface area contributed by atoms with E-state index in [1.807, 2.05) is 0 Å². The minimum Gasteiger partial charge on any atom is -0.394 e. The Labute approximate surface area is 244 Å². The molecule has 244 valence electrons. The Hall–Kier alpha value is -1.13. The molecule has 1 saturated carbocycles. The van der Waals surface area contributed by atoms with Gasteiger partial charge in [0.1, 0.15) is 30.5 Å². The summed E-state index contributed by atoms with van der Waals surface area (Å²) in [4.78, 5) is 12.8. The monoisotopic (exact) mass is 607 g/mol. The fraction of sp³-hybridized carbons (Fsp3) is 0.960. The van der Waals surface area contributed by atoms with Crippen molar-refractivity contribution in [3.63, 3.8) is 0 Å². The summed E-state index contributed by atoms with van der Waals surface area (Å²) in [5.74, 6) is -1.54. The van der Waals surface area contributed by atoms with E-state index >= 15 is 0 Å². The van der Waals surface area contributed by atoms with Crippen LogP contribution in [0, 0.1) is 5.92 Å². The van der Waals surface area contributed by atoms with Crippen LogP contribution in [0.3, 0.4) is 0 Å². The van der Waals surface area contributed by atoms with Crippen LogP contribution in [-0.2, 0) is 19.0 Å². The SMILES string of the molecule is NCCC(O)C(=O)NC1CC(N)C(C2OC(CN)C(O)CC2NC2CNC2)C(O)C1OC1OC(CO)C(O)C(N)C1O. The first kappa shape index (κ1) is 33.8. The maximum atomic E-state index is 12.8. The maximum Gasteiger partial charge on any atom is 0.249 e. The Morgan fingerprint density at radius 3 is 2.31 bits per heavy atom. The summed E-state index contributed by atoms with van der Waals surface area (Å²) in [7, 11) is 0. The Balaban J connectivity index is 1.62. The predicted octanol–water partition coefficient (Wildman–Crippen LogP) is -7.55. The number of carbonyl (C=O) groups excluding carboxylic acids is 1. The van der Waals surface area contributed by atoms with Crippen molar-refractivity contribution in [3.8, 4) is 0 Å². The molecule has 3 heterocycles. The highest BCUT2D eigenvalue weighted by atomic mass is 16.7. The highest BCUT2D eigenvalue weighted by Crippen LogP contribution is 2.37. The largest absolute Gasteiger partial charge is 0.394 e. The van der Waals surface area contributed by atoms with Crippen LogP contribution in [0.25, 0.3) is 0 Å². The second kappa shape index (κ2) is 14.8. The van der Waals surface area contributed by atoms with Gasteiger partial charge in [0.15, 0.2) is 6.29 Å². The molecular weight excluding hydrogens is 558 g/mol. The van der Waals surface area contributed by atoms with Crippen LogP contribution in [0.4, 0.5) is 0 Å². The quantitative estimate of drug-likeness (QED) is 0.104. The number of carbonyl (C=O) groups is 1. The van der Waals surface area contributed by atoms with Gasteiger partial charge in [0, 0.05) is 43.7 Å². The zero-order chi connectivity index (χ0) is 30.7. The van der Waals surface area contributed by atoms with Crippen molar-refractivity contribution in [3.05, 3.63) is 0 Å². The summed E-state index contributed by atoms with van der Waals surface area (Å²) >= 11 is 0. The molecule has 15 unspecified atom stereocenters. The number of aliphatic hydroxyl groups excluding tert-OH is 6. The van der Waals surface area contributed by atoms with Crippen LogP contribution in [0.2, 0.25) is 0 Å². The Bertz CT molecular complexity index is 875. The highest BCUT2D eigenvalue weighted by molar-refractivity contribution is 5.80. The molecule has 0 aromatic carbocycles. The van der Waals surface area contributed by atoms with E-state index in [4.69, 9.17) is 37.1 Å². The van der Waals surface area contributed by atoms with Gasteiger partial charge in [-0.05, 0) is 25.8 Å². The second-order valence-electron chi connectivity index (χ2n) is 11.9. The van der Waals surface area contributed by atoms with Gasteiger partial charge >= 0.3 is 0 Å². The summed E-state index contributed by atoms with van der Waals surface area (Å²) < 4.78 is 18.0. The van der Waals surface area contributed by atoms with Gasteiger partial charge in [-0.25, -0.2) is 0 Å². The first-order chi connectivity index (χ1) is 20.0. The fourth-order valence-corrected chi connectivity index (χ4v) is 6.38. The van der Waals surface area contributed by atoms with E-state index in [2.05, 4.69) is 16.0 Å². The van der Waals surface area contributed by atoms with Crippen LogP contribution in [0.5, 0.6) is 0 Å². The number of hydrogen-bond donors (Lipinski definition) is 13. The van der Waals surface area contributed by atoms with E-state index in [9.17, 15) is 35.4 Å². The summed E-state index contributed by atoms with van der Waals surface area (Å²) in [5, 5.41) is 72.7. The third kappa shape index (κ3) is 7.22. The molecule has 17 heteroatoms. The Morgan fingerprint density at radius 2 is 1.71 bits per heavy atom. The van der Waals surface area contributed by atoms with Crippen molar-refractivity contribution in [2.24, 2.45) is 28.9 Å². The minimum atomic E-state index is -1.55. The molecule has 4 fully saturated rings. The summed E-state index contributed by atoms with van der Waals surface area (Å²) in [6.45, 7) is 0.926. The first-order valence-corrected chi connectivity index (χ1v) is 14.7. The van der Waals surface area contributed by atoms with E-state index in [1.165, 1.54) is 0 Å². The van der Waals surface area contributed by atoms with E-state index < -0.39 is 104 Å². The molecule has 3 saturated heterocycles. The molecule has 0 aromatic heterocycles. The lowest BCUT2D eigenvalue weighted by Gasteiger charge is -2.52. The molecule has 42 heavy (non-hydrogen) atoms. The van der Waals surface area contributed by atoms with E-state index in [0.29, 0.717) is 6.42 Å². The summed E-state index contributed by atoms with van der Waals surface area (Å²) in [5.41, 5.74) is 24.0. The van der Waals surface area contributed by atoms with Gasteiger partial charge in [-0.15, -0.1) is 0 Å². The van der Waals surface area contributed by atoms with Crippen molar-refractivity contribution in [1.29, 1.82) is 0 Å². The maximum absolute atomic E-state index is 12.8. The van der Waals surface area contributed by atoms with Crippen molar-refractivity contribution in [2.45, 2.75) is 111 Å². The van der Waals surface area contributed by atoms with Gasteiger partial charge in [0.05, 0.1) is 43.1 Å². The molecule has 15 atom stereocenters. The number of ether oxygens (including phenoxy) is 3. The topological polar surface area (TPSA) is 306 Å². The Kier molecular flexibility index (Phi) is 11.9. The lowest BCUT2D eigenvalue weighted by atomic mass is 9.71. The Morgan fingerprint density at radius 1 is 1.00 bits per heavy atom. The van der Waals surface area contributed by atoms with Gasteiger partial charge in [0.25, 0.3) is 0 Å². The summed E-state index contributed by atoms with van der Waals surface area (Å²) in [6, 6.07) is -3.23. The standard InChI is InChI=1S/C25H49N7O10/c26-2-1-13(34)24(39)32-11-3-10(28)17(22-12(31-9-6-30-7-9)4-14(35)15(5-27)40-22)20(37)23(11)42-25-21(38)18(29)19(36)16(8-33)41-25/h9-23,25,30-31,33-38H,1-8,26-29H2,(H,32,39). The molecule has 1 amide bonds. The van der Waals surface area contributed by atoms with Gasteiger partial charge in [-0.2, -0.15) is 0 Å². The van der Waals surface area contributed by atoms with E-state index in [-0.39, 0.29) is 32.0 Å². The number of nitrogens with two attached hydrogens (primary N) is 4. The predicted molar refractivity (Wildman–Crippen MR) is 146 cm³/mol. The molecule has 3 aliphatic heterocycles. The highest BCUT2D eigenvalue weighted by Gasteiger charge is 2.54. The third-order valence-electron chi connectivity index (χ3n) is 8.94. The van der Waals surface area contributed by atoms with Gasteiger partial charge in [-0.3, -0.25) is 4.79 Å². The van der Waals surface area contributed by atoms with Crippen molar-refractivity contribution >= 4 is 5.91 Å². The van der Waals surface area contributed by atoms with Crippen LogP contribution >= 0.6 is 0 Å². The van der Waals surface area contributed by atoms with Gasteiger partial charge in [-0.1, -0.05) is 0 Å². The zero-order valence-corrected chi connectivity index (χ0v) is 23.5. The molecule has 4 aliphatic rings. The molecule has 17 N–H and O–H groups in total. The van der Waals surface area contributed by atoms with Crippen LogP contribution in [0.15, 0.2) is 0 Å². The molecule has 0 aromatic rings. The van der Waals surface area contributed by atoms with Crippen LogP contribution in [-0.4, -0.2) is 161 Å². The number of rotatable bonds is 11. The lowest BCUT2D eigenvalue weighted by molar-refractivity contribution is -0.307. The minimum absolute atomic E-state index is 0.00122.